The van der Waals surface area contributed by atoms with Gasteiger partial charge in [-0.05, 0) is 13.0 Å². The predicted octanol–water partition coefficient (Wildman–Crippen LogP) is -6.37. The fourth-order valence-electron chi connectivity index (χ4n) is 4.96. The Balaban J connectivity index is 1.72. The van der Waals surface area contributed by atoms with Crippen molar-refractivity contribution in [1.82, 2.24) is 19.5 Å². The first kappa shape index (κ1) is 24.1. The van der Waals surface area contributed by atoms with E-state index in [0.717, 1.165) is 49.8 Å². The number of fused-ring (bicyclic) bond motifs is 1. The highest BCUT2D eigenvalue weighted by atomic mass is 16.1. The molecule has 1 N–H and O–H groups in total. The van der Waals surface area contributed by atoms with Gasteiger partial charge in [0.2, 0.25) is 5.95 Å². The lowest BCUT2D eigenvalue weighted by Crippen LogP contribution is -2.54. The molecule has 0 saturated carbocycles. The van der Waals surface area contributed by atoms with Crippen molar-refractivity contribution in [3.05, 3.63) is 47.5 Å². The number of rotatable bonds is 4. The van der Waals surface area contributed by atoms with Gasteiger partial charge in [-0.25, -0.2) is 15.0 Å². The molecule has 0 unspecified atom stereocenters. The van der Waals surface area contributed by atoms with Gasteiger partial charge in [0.15, 0.2) is 0 Å². The number of aryl methyl sites for hydroxylation is 1. The number of nitrogens with zero attached hydrogens (tertiary/aromatic N) is 4. The summed E-state index contributed by atoms with van der Waals surface area (Å²) in [6.45, 7) is 1.97. The number of nitrogens with one attached hydrogen (secondary N) is 1. The molecule has 0 atom stereocenters. The van der Waals surface area contributed by atoms with E-state index < -0.39 is 0 Å². The van der Waals surface area contributed by atoms with E-state index in [2.05, 4.69) is 59.5 Å². The molecule has 0 bridgehead atoms. The summed E-state index contributed by atoms with van der Waals surface area (Å²) in [6, 6.07) is 6.03. The fourth-order valence-corrected chi connectivity index (χ4v) is 4.96. The molecule has 0 fully saturated rings. The third-order valence-electron chi connectivity index (χ3n) is 6.93. The molecule has 4 aromatic rings. The summed E-state index contributed by atoms with van der Waals surface area (Å²) < 4.78 is 2.04. The lowest BCUT2D eigenvalue weighted by Gasteiger charge is -2.30. The first-order valence-corrected chi connectivity index (χ1v) is 11.6. The number of hydrogen-bond acceptors (Lipinski definition) is 4. The van der Waals surface area contributed by atoms with Crippen LogP contribution >= 0.6 is 0 Å². The molecule has 0 spiro atoms. The molecule has 0 aliphatic rings. The van der Waals surface area contributed by atoms with Crippen LogP contribution in [0, 0.1) is 6.92 Å². The van der Waals surface area contributed by atoms with Gasteiger partial charge in [-0.2, -0.15) is 0 Å². The standard InChI is InChI=1S/C21H26B7N5O/c1-8-29-7-12(33(8)2)9-3-4-10-6-30-20(31-11(10)5-9)32-19(34)13-15(22)17(24)14(21(26,27)28)18(25)16(13)23/h3-7H,22-28H2,1-2H3,(H,30,31,32,34). The Labute approximate surface area is 207 Å². The van der Waals surface area contributed by atoms with Crippen LogP contribution < -0.4 is 27.2 Å². The number of hydrogen-bond donors (Lipinski definition) is 1. The number of carbonyl (C=O) groups excluding carboxylic acids is 1. The van der Waals surface area contributed by atoms with Gasteiger partial charge in [-0.3, -0.25) is 10.1 Å². The molecule has 2 aromatic heterocycles. The Hall–Kier alpha value is -3.09. The SMILES string of the molecule is Bc1c(B)c(C(B)(B)B)c(B)c(B)c1C(=O)Nc1ncc2ccc(-c3cnc(C)n3C)cc2n1. The number of anilines is 1. The molecule has 6 nitrogen and oxygen atoms in total. The maximum absolute atomic E-state index is 13.4. The zero-order valence-electron chi connectivity index (χ0n) is 21.6. The quantitative estimate of drug-likeness (QED) is 0.321. The second-order valence-corrected chi connectivity index (χ2v) is 10.2. The van der Waals surface area contributed by atoms with E-state index in [0.29, 0.717) is 11.5 Å². The number of aromatic nitrogens is 4. The maximum atomic E-state index is 13.4. The van der Waals surface area contributed by atoms with Crippen LogP contribution in [0.1, 0.15) is 21.7 Å². The first-order chi connectivity index (χ1) is 15.9. The van der Waals surface area contributed by atoms with Gasteiger partial charge in [-0.15, -0.1) is 0 Å². The molecule has 0 aliphatic heterocycles. The molecule has 13 heteroatoms. The summed E-state index contributed by atoms with van der Waals surface area (Å²) in [6.07, 6.45) is 3.60. The molecular formula is C21H26B7N5O. The maximum Gasteiger partial charge on any atom is 0.256 e. The summed E-state index contributed by atoms with van der Waals surface area (Å²) in [7, 11) is 16.9. The molecule has 4 rings (SSSR count). The van der Waals surface area contributed by atoms with Crippen LogP contribution in [0.5, 0.6) is 0 Å². The number of imidazole rings is 1. The largest absolute Gasteiger partial charge is 0.331 e. The van der Waals surface area contributed by atoms with Gasteiger partial charge >= 0.3 is 0 Å². The summed E-state index contributed by atoms with van der Waals surface area (Å²) in [5.74, 6) is 1.06. The van der Waals surface area contributed by atoms with Gasteiger partial charge in [0.05, 0.1) is 40.9 Å². The minimum absolute atomic E-state index is 0.00423. The van der Waals surface area contributed by atoms with E-state index in [9.17, 15) is 4.79 Å². The Morgan fingerprint density at radius 2 is 1.62 bits per heavy atom. The van der Waals surface area contributed by atoms with Crippen molar-refractivity contribution < 1.29 is 4.79 Å². The lowest BCUT2D eigenvalue weighted by molar-refractivity contribution is 0.102. The molecule has 2 heterocycles. The Morgan fingerprint density at radius 3 is 2.18 bits per heavy atom. The van der Waals surface area contributed by atoms with E-state index in [-0.39, 0.29) is 11.0 Å². The smallest absolute Gasteiger partial charge is 0.256 e. The highest BCUT2D eigenvalue weighted by Crippen LogP contribution is 2.24. The van der Waals surface area contributed by atoms with E-state index >= 15 is 0 Å². The van der Waals surface area contributed by atoms with Crippen molar-refractivity contribution in [3.63, 3.8) is 0 Å². The van der Waals surface area contributed by atoms with Gasteiger partial charge in [0, 0.05) is 29.8 Å². The van der Waals surface area contributed by atoms with Crippen molar-refractivity contribution in [1.29, 1.82) is 0 Å². The zero-order chi connectivity index (χ0) is 24.9. The molecule has 34 heavy (non-hydrogen) atoms. The third kappa shape index (κ3) is 4.12. The topological polar surface area (TPSA) is 72.7 Å². The fraction of sp³-hybridized carbons (Fsp3) is 0.143. The monoisotopic (exact) mass is 441 g/mol. The number of benzene rings is 2. The molecule has 162 valence electrons. The first-order valence-electron chi connectivity index (χ1n) is 11.6. The third-order valence-corrected chi connectivity index (χ3v) is 6.93. The average Bonchev–Trinajstić information content (AvgIpc) is 3.09. The lowest BCUT2D eigenvalue weighted by atomic mass is 9.37. The van der Waals surface area contributed by atoms with Crippen LogP contribution in [-0.2, 0) is 12.2 Å². The summed E-state index contributed by atoms with van der Waals surface area (Å²) >= 11 is 0. The zero-order valence-corrected chi connectivity index (χ0v) is 21.6. The summed E-state index contributed by atoms with van der Waals surface area (Å²) in [5.41, 5.74) is 9.13. The second kappa shape index (κ2) is 8.60. The normalized spacial score (nSPS) is 11.6. The highest BCUT2D eigenvalue weighted by Gasteiger charge is 2.25. The molecule has 2 aromatic carbocycles. The minimum atomic E-state index is -0.181. The van der Waals surface area contributed by atoms with Gasteiger partial charge < -0.3 is 4.57 Å². The van der Waals surface area contributed by atoms with Crippen molar-refractivity contribution >= 4 is 99.5 Å². The molecule has 1 amide bonds. The van der Waals surface area contributed by atoms with Crippen LogP contribution in [0.15, 0.2) is 30.6 Å². The van der Waals surface area contributed by atoms with E-state index in [1.54, 1.807) is 6.20 Å². The van der Waals surface area contributed by atoms with E-state index in [1.807, 2.05) is 58.6 Å². The van der Waals surface area contributed by atoms with Crippen LogP contribution in [-0.4, -0.2) is 80.4 Å². The Bertz CT molecular complexity index is 1430. The summed E-state index contributed by atoms with van der Waals surface area (Å²) in [5, 5.41) is 3.86. The average molecular weight is 440 g/mol. The van der Waals surface area contributed by atoms with Gasteiger partial charge in [0.1, 0.15) is 37.2 Å². The van der Waals surface area contributed by atoms with Crippen LogP contribution in [0.4, 0.5) is 5.95 Å². The second-order valence-electron chi connectivity index (χ2n) is 10.2. The van der Waals surface area contributed by atoms with Gasteiger partial charge in [-0.1, -0.05) is 44.7 Å². The Kier molecular flexibility index (Phi) is 6.09. The highest BCUT2D eigenvalue weighted by molar-refractivity contribution is 6.66. The number of carbonyl (C=O) groups is 1. The number of amides is 1. The summed E-state index contributed by atoms with van der Waals surface area (Å²) in [4.78, 5) is 26.8. The van der Waals surface area contributed by atoms with Crippen molar-refractivity contribution in [3.8, 4) is 11.3 Å². The van der Waals surface area contributed by atoms with Crippen molar-refractivity contribution in [2.75, 3.05) is 5.32 Å². The predicted molar refractivity (Wildman–Crippen MR) is 161 cm³/mol. The molecule has 0 saturated heterocycles. The Morgan fingerprint density at radius 1 is 0.971 bits per heavy atom. The van der Waals surface area contributed by atoms with Gasteiger partial charge in [0.25, 0.3) is 5.91 Å². The van der Waals surface area contributed by atoms with E-state index in [4.69, 9.17) is 0 Å². The molecule has 0 radical (unpaired) electrons. The molecule has 0 aliphatic carbocycles. The van der Waals surface area contributed by atoms with Crippen LogP contribution in [0.2, 0.25) is 0 Å². The van der Waals surface area contributed by atoms with Crippen LogP contribution in [0.3, 0.4) is 0 Å². The van der Waals surface area contributed by atoms with Crippen LogP contribution in [0.25, 0.3) is 22.2 Å². The molecular weight excluding hydrogens is 414 g/mol. The van der Waals surface area contributed by atoms with E-state index in [1.165, 1.54) is 5.56 Å². The van der Waals surface area contributed by atoms with Crippen molar-refractivity contribution in [2.45, 2.75) is 12.0 Å². The van der Waals surface area contributed by atoms with Crippen molar-refractivity contribution in [2.24, 2.45) is 7.05 Å². The minimum Gasteiger partial charge on any atom is -0.331 e.